The van der Waals surface area contributed by atoms with E-state index in [9.17, 15) is 13.2 Å². The van der Waals surface area contributed by atoms with Crippen molar-refractivity contribution in [2.75, 3.05) is 11.9 Å². The number of urea groups is 1. The fraction of sp³-hybridized carbons (Fsp3) is 0.333. The molecule has 0 aliphatic carbocycles. The Morgan fingerprint density at radius 1 is 1.36 bits per heavy atom. The molecule has 0 saturated carbocycles. The van der Waals surface area contributed by atoms with Gasteiger partial charge in [-0.05, 0) is 31.5 Å². The summed E-state index contributed by atoms with van der Waals surface area (Å²) >= 11 is 6.07. The third kappa shape index (κ3) is 5.73. The number of sulfonamides is 1. The highest BCUT2D eigenvalue weighted by Gasteiger charge is 2.10. The summed E-state index contributed by atoms with van der Waals surface area (Å²) in [6.45, 7) is 4.53. The molecular weight excluding hydrogens is 366 g/mol. The Bertz CT molecular complexity index is 879. The molecule has 8 nitrogen and oxygen atoms in total. The number of carbonyl (C=O) groups is 1. The second-order valence-corrected chi connectivity index (χ2v) is 7.59. The quantitative estimate of drug-likeness (QED) is 0.701. The van der Waals surface area contributed by atoms with Crippen molar-refractivity contribution in [2.24, 2.45) is 5.14 Å². The van der Waals surface area contributed by atoms with E-state index in [2.05, 4.69) is 15.7 Å². The van der Waals surface area contributed by atoms with E-state index in [0.717, 1.165) is 11.4 Å². The summed E-state index contributed by atoms with van der Waals surface area (Å²) in [7, 11) is -3.62. The minimum Gasteiger partial charge on any atom is -0.336 e. The Hall–Kier alpha value is -2.10. The van der Waals surface area contributed by atoms with E-state index in [-0.39, 0.29) is 5.75 Å². The summed E-state index contributed by atoms with van der Waals surface area (Å²) in [5, 5.41) is 15.3. The molecular formula is C15H20ClN5O3S. The Morgan fingerprint density at radius 2 is 2.08 bits per heavy atom. The molecule has 0 aliphatic heterocycles. The van der Waals surface area contributed by atoms with Crippen LogP contribution in [0.3, 0.4) is 0 Å². The molecule has 1 aromatic heterocycles. The number of nitrogens with zero attached hydrogens (tertiary/aromatic N) is 2. The maximum Gasteiger partial charge on any atom is 0.319 e. The van der Waals surface area contributed by atoms with Crippen LogP contribution < -0.4 is 15.8 Å². The fourth-order valence-electron chi connectivity index (χ4n) is 2.31. The van der Waals surface area contributed by atoms with E-state index in [1.807, 2.05) is 13.8 Å². The van der Waals surface area contributed by atoms with Gasteiger partial charge in [-0.15, -0.1) is 0 Å². The second-order valence-electron chi connectivity index (χ2n) is 5.60. The van der Waals surface area contributed by atoms with Gasteiger partial charge < -0.3 is 10.6 Å². The zero-order valence-corrected chi connectivity index (χ0v) is 15.5. The number of aryl methyl sites for hydroxylation is 1. The first-order valence-corrected chi connectivity index (χ1v) is 9.59. The average molecular weight is 386 g/mol. The third-order valence-electron chi connectivity index (χ3n) is 3.46. The fourth-order valence-corrected chi connectivity index (χ4v) is 3.09. The maximum atomic E-state index is 11.9. The number of hydrogen-bond donors (Lipinski definition) is 3. The van der Waals surface area contributed by atoms with Crippen molar-refractivity contribution in [3.05, 3.63) is 46.2 Å². The van der Waals surface area contributed by atoms with Crippen LogP contribution in [0.5, 0.6) is 0 Å². The van der Waals surface area contributed by atoms with Crippen molar-refractivity contribution in [3.8, 4) is 0 Å². The first-order chi connectivity index (χ1) is 11.7. The van der Waals surface area contributed by atoms with E-state index in [0.29, 0.717) is 29.4 Å². The number of benzene rings is 1. The monoisotopic (exact) mass is 385 g/mol. The molecule has 0 spiro atoms. The van der Waals surface area contributed by atoms with Gasteiger partial charge in [-0.3, -0.25) is 4.68 Å². The number of anilines is 1. The van der Waals surface area contributed by atoms with Gasteiger partial charge in [0.2, 0.25) is 10.0 Å². The Labute approximate surface area is 151 Å². The number of aromatic nitrogens is 2. The van der Waals surface area contributed by atoms with Gasteiger partial charge in [0.1, 0.15) is 0 Å². The number of nitrogens with two attached hydrogens (primary N) is 1. The lowest BCUT2D eigenvalue weighted by Gasteiger charge is -2.09. The largest absolute Gasteiger partial charge is 0.336 e. The molecule has 0 aliphatic rings. The predicted molar refractivity (Wildman–Crippen MR) is 97.0 cm³/mol. The number of halogens is 1. The van der Waals surface area contributed by atoms with Gasteiger partial charge in [-0.2, -0.15) is 5.10 Å². The summed E-state index contributed by atoms with van der Waals surface area (Å²) in [5.74, 6) is -0.289. The van der Waals surface area contributed by atoms with Gasteiger partial charge in [0.25, 0.3) is 0 Å². The van der Waals surface area contributed by atoms with E-state index in [4.69, 9.17) is 16.7 Å². The van der Waals surface area contributed by atoms with Crippen molar-refractivity contribution in [1.29, 1.82) is 0 Å². The van der Waals surface area contributed by atoms with Crippen LogP contribution in [0.4, 0.5) is 10.5 Å². The van der Waals surface area contributed by atoms with Crippen LogP contribution in [-0.2, 0) is 22.3 Å². The van der Waals surface area contributed by atoms with Crippen LogP contribution in [-0.4, -0.2) is 30.8 Å². The van der Waals surface area contributed by atoms with Crippen LogP contribution >= 0.6 is 11.6 Å². The average Bonchev–Trinajstić information content (AvgIpc) is 2.73. The predicted octanol–water partition coefficient (Wildman–Crippen LogP) is 1.76. The highest BCUT2D eigenvalue weighted by atomic mass is 35.5. The van der Waals surface area contributed by atoms with Crippen LogP contribution in [0.15, 0.2) is 24.3 Å². The normalized spacial score (nSPS) is 11.4. The summed E-state index contributed by atoms with van der Waals surface area (Å²) in [5.41, 5.74) is 2.57. The molecule has 0 saturated heterocycles. The zero-order valence-electron chi connectivity index (χ0n) is 13.9. The third-order valence-corrected chi connectivity index (χ3v) is 4.74. The van der Waals surface area contributed by atoms with Crippen LogP contribution in [0.1, 0.15) is 17.0 Å². The lowest BCUT2D eigenvalue weighted by Crippen LogP contribution is -2.31. The van der Waals surface area contributed by atoms with Crippen molar-refractivity contribution < 1.29 is 13.2 Å². The van der Waals surface area contributed by atoms with Crippen LogP contribution in [0.2, 0.25) is 5.02 Å². The smallest absolute Gasteiger partial charge is 0.319 e. The Morgan fingerprint density at radius 3 is 2.68 bits per heavy atom. The van der Waals surface area contributed by atoms with E-state index >= 15 is 0 Å². The molecule has 2 rings (SSSR count). The van der Waals surface area contributed by atoms with Crippen molar-refractivity contribution in [1.82, 2.24) is 15.1 Å². The Kier molecular flexibility index (Phi) is 6.04. The number of primary sulfonamides is 1. The number of carbonyl (C=O) groups excluding carboxylic acids is 1. The van der Waals surface area contributed by atoms with Crippen LogP contribution in [0, 0.1) is 13.8 Å². The lowest BCUT2D eigenvalue weighted by atomic mass is 10.2. The summed E-state index contributed by atoms with van der Waals surface area (Å²) in [6, 6.07) is 6.09. The molecule has 0 radical (unpaired) electrons. The molecule has 0 fully saturated rings. The van der Waals surface area contributed by atoms with Crippen molar-refractivity contribution in [2.45, 2.75) is 26.1 Å². The van der Waals surface area contributed by atoms with E-state index < -0.39 is 16.1 Å². The summed E-state index contributed by atoms with van der Waals surface area (Å²) in [6.07, 6.45) is 0. The first-order valence-electron chi connectivity index (χ1n) is 7.49. The van der Waals surface area contributed by atoms with Crippen LogP contribution in [0.25, 0.3) is 0 Å². The molecule has 1 aromatic carbocycles. The number of nitrogens with one attached hydrogen (secondary N) is 2. The van der Waals surface area contributed by atoms with Crippen molar-refractivity contribution in [3.63, 3.8) is 0 Å². The SMILES string of the molecule is Cc1nn(CCNC(=O)Nc2cccc(CS(N)(=O)=O)c2)c(C)c1Cl. The lowest BCUT2D eigenvalue weighted by molar-refractivity contribution is 0.251. The molecule has 4 N–H and O–H groups in total. The van der Waals surface area contributed by atoms with Gasteiger partial charge in [0.15, 0.2) is 0 Å². The maximum absolute atomic E-state index is 11.9. The molecule has 10 heteroatoms. The number of amides is 2. The van der Waals surface area contributed by atoms with Crippen molar-refractivity contribution >= 4 is 33.3 Å². The molecule has 0 atom stereocenters. The van der Waals surface area contributed by atoms with Gasteiger partial charge in [-0.1, -0.05) is 23.7 Å². The van der Waals surface area contributed by atoms with Gasteiger partial charge in [0.05, 0.1) is 28.7 Å². The zero-order chi connectivity index (χ0) is 18.6. The highest BCUT2D eigenvalue weighted by molar-refractivity contribution is 7.88. The van der Waals surface area contributed by atoms with Gasteiger partial charge in [-0.25, -0.2) is 18.4 Å². The number of rotatable bonds is 6. The molecule has 2 aromatic rings. The second kappa shape index (κ2) is 7.85. The molecule has 0 unspecified atom stereocenters. The molecule has 0 bridgehead atoms. The topological polar surface area (TPSA) is 119 Å². The Balaban J connectivity index is 1.88. The summed E-state index contributed by atoms with van der Waals surface area (Å²) in [4.78, 5) is 11.9. The standard InChI is InChI=1S/C15H20ClN5O3S/c1-10-14(16)11(2)21(20-10)7-6-18-15(22)19-13-5-3-4-12(8-13)9-25(17,23)24/h3-5,8H,6-7,9H2,1-2H3,(H2,17,23,24)(H2,18,19,22). The van der Waals surface area contributed by atoms with E-state index in [1.54, 1.807) is 28.9 Å². The minimum atomic E-state index is -3.62. The summed E-state index contributed by atoms with van der Waals surface area (Å²) < 4.78 is 24.0. The molecule has 2 amide bonds. The molecule has 25 heavy (non-hydrogen) atoms. The highest BCUT2D eigenvalue weighted by Crippen LogP contribution is 2.18. The van der Waals surface area contributed by atoms with E-state index in [1.165, 1.54) is 0 Å². The molecule has 1 heterocycles. The first kappa shape index (κ1) is 19.2. The minimum absolute atomic E-state index is 0.289. The molecule has 136 valence electrons. The van der Waals surface area contributed by atoms with Gasteiger partial charge in [0, 0.05) is 12.2 Å². The van der Waals surface area contributed by atoms with Gasteiger partial charge >= 0.3 is 6.03 Å². The number of hydrogen-bond acceptors (Lipinski definition) is 4.